The number of pyridine rings is 1. The van der Waals surface area contributed by atoms with Crippen molar-refractivity contribution in [3.63, 3.8) is 0 Å². The Balaban J connectivity index is 2.10. The summed E-state index contributed by atoms with van der Waals surface area (Å²) < 4.78 is 27.8. The number of aliphatic imine (C=N–C) groups is 1. The van der Waals surface area contributed by atoms with E-state index >= 15 is 0 Å². The third-order valence-electron chi connectivity index (χ3n) is 5.13. The zero-order valence-corrected chi connectivity index (χ0v) is 22.1. The van der Waals surface area contributed by atoms with E-state index < -0.39 is 29.8 Å². The van der Waals surface area contributed by atoms with Crippen molar-refractivity contribution < 1.29 is 28.3 Å². The van der Waals surface area contributed by atoms with Gasteiger partial charge in [0.15, 0.2) is 5.82 Å². The quantitative estimate of drug-likeness (QED) is 0.270. The maximum absolute atomic E-state index is 13.5. The number of carbonyl (C=O) groups is 3. The molecule has 1 aromatic carbocycles. The topological polar surface area (TPSA) is 151 Å². The number of hydrogen-bond donors (Lipinski definition) is 4. The number of amides is 3. The van der Waals surface area contributed by atoms with Crippen LogP contribution in [0.25, 0.3) is 5.82 Å². The average Bonchev–Trinajstić information content (AvgIpc) is 3.37. The van der Waals surface area contributed by atoms with Crippen molar-refractivity contribution in [3.05, 3.63) is 69.1 Å². The van der Waals surface area contributed by atoms with Crippen LogP contribution in [0.3, 0.4) is 0 Å². The Hall–Kier alpha value is -3.94. The molecule has 39 heavy (non-hydrogen) atoms. The summed E-state index contributed by atoms with van der Waals surface area (Å²) in [5.74, 6) is -2.30. The number of nitrogens with zero attached hydrogens (tertiary/aromatic N) is 4. The molecule has 11 nitrogen and oxygen atoms in total. The molecule has 3 aromatic rings. The van der Waals surface area contributed by atoms with Gasteiger partial charge in [-0.3, -0.25) is 19.4 Å². The second kappa shape index (κ2) is 13.2. The first-order chi connectivity index (χ1) is 18.6. The fourth-order valence-electron chi connectivity index (χ4n) is 3.43. The van der Waals surface area contributed by atoms with Crippen molar-refractivity contribution in [1.82, 2.24) is 25.4 Å². The number of alkyl halides is 2. The van der Waals surface area contributed by atoms with E-state index in [0.717, 1.165) is 10.7 Å². The van der Waals surface area contributed by atoms with Crippen LogP contribution in [-0.2, 0) is 4.79 Å². The van der Waals surface area contributed by atoms with Crippen LogP contribution in [0, 0.1) is 0 Å². The van der Waals surface area contributed by atoms with Crippen molar-refractivity contribution in [2.24, 2.45) is 4.99 Å². The molecule has 2 heterocycles. The Labute approximate surface area is 231 Å². The van der Waals surface area contributed by atoms with E-state index in [2.05, 4.69) is 31.0 Å². The number of aliphatic hydroxyl groups is 1. The normalized spacial score (nSPS) is 11.4. The molecule has 0 unspecified atom stereocenters. The Morgan fingerprint density at radius 1 is 1.15 bits per heavy atom. The second-order valence-electron chi connectivity index (χ2n) is 7.69. The summed E-state index contributed by atoms with van der Waals surface area (Å²) in [6.45, 7) is 1.59. The Kier molecular flexibility index (Phi) is 10.0. The summed E-state index contributed by atoms with van der Waals surface area (Å²) >= 11 is 12.6. The Morgan fingerprint density at radius 3 is 2.51 bits per heavy atom. The van der Waals surface area contributed by atoms with Crippen LogP contribution in [0.2, 0.25) is 10.0 Å². The highest BCUT2D eigenvalue weighted by Gasteiger charge is 2.26. The number of nitrogens with one attached hydrogen (secondary N) is 3. The standard InChI is InChI=1S/C24H23Cl2F2N7O4/c1-3-30-18(24(39)32-7-8-36)12-9-13(22(37)29-2)19(15(26)10-12)33-23(38)17-11-16(20(27)28)34-35(17)21-14(25)5-4-6-31-21/h4-6,9-11,20,36H,3,7-8H2,1-2H3,(H,29,37)(H,32,39)(H,33,38). The van der Waals surface area contributed by atoms with E-state index in [4.69, 9.17) is 28.3 Å². The van der Waals surface area contributed by atoms with Crippen molar-refractivity contribution in [2.75, 3.05) is 32.1 Å². The van der Waals surface area contributed by atoms with E-state index in [1.165, 1.54) is 37.5 Å². The molecule has 4 N–H and O–H groups in total. The van der Waals surface area contributed by atoms with Gasteiger partial charge in [0.25, 0.3) is 24.1 Å². The van der Waals surface area contributed by atoms with Gasteiger partial charge in [0, 0.05) is 31.9 Å². The van der Waals surface area contributed by atoms with Crippen LogP contribution in [0.1, 0.15) is 45.5 Å². The largest absolute Gasteiger partial charge is 0.395 e. The molecule has 3 rings (SSSR count). The number of rotatable bonds is 10. The van der Waals surface area contributed by atoms with Gasteiger partial charge in [0.1, 0.15) is 17.1 Å². The van der Waals surface area contributed by atoms with Gasteiger partial charge >= 0.3 is 0 Å². The smallest absolute Gasteiger partial charge is 0.282 e. The lowest BCUT2D eigenvalue weighted by molar-refractivity contribution is -0.114. The molecule has 0 fully saturated rings. The number of anilines is 1. The first kappa shape index (κ1) is 29.6. The van der Waals surface area contributed by atoms with E-state index in [0.29, 0.717) is 0 Å². The summed E-state index contributed by atoms with van der Waals surface area (Å²) in [5, 5.41) is 20.1. The van der Waals surface area contributed by atoms with Gasteiger partial charge in [-0.05, 0) is 37.3 Å². The van der Waals surface area contributed by atoms with Crippen LogP contribution < -0.4 is 16.0 Å². The summed E-state index contributed by atoms with van der Waals surface area (Å²) in [7, 11) is 1.34. The molecule has 15 heteroatoms. The molecule has 206 valence electrons. The molecular formula is C24H23Cl2F2N7O4. The highest BCUT2D eigenvalue weighted by molar-refractivity contribution is 6.46. The minimum Gasteiger partial charge on any atom is -0.395 e. The number of aliphatic hydroxyl groups excluding tert-OH is 1. The zero-order chi connectivity index (χ0) is 28.7. The molecule has 0 aliphatic heterocycles. The van der Waals surface area contributed by atoms with Crippen LogP contribution >= 0.6 is 23.2 Å². The Morgan fingerprint density at radius 2 is 1.90 bits per heavy atom. The van der Waals surface area contributed by atoms with Crippen LogP contribution in [0.5, 0.6) is 0 Å². The number of halogens is 4. The number of aromatic nitrogens is 3. The number of hydrogen-bond acceptors (Lipinski definition) is 7. The first-order valence-electron chi connectivity index (χ1n) is 11.4. The molecule has 0 aliphatic rings. The fraction of sp³-hybridized carbons (Fsp3) is 0.250. The predicted molar refractivity (Wildman–Crippen MR) is 141 cm³/mol. The molecular weight excluding hydrogens is 559 g/mol. The number of carbonyl (C=O) groups excluding carboxylic acids is 3. The lowest BCUT2D eigenvalue weighted by Crippen LogP contribution is -2.34. The lowest BCUT2D eigenvalue weighted by atomic mass is 10.0. The van der Waals surface area contributed by atoms with Crippen molar-refractivity contribution in [1.29, 1.82) is 0 Å². The molecule has 0 aliphatic carbocycles. The predicted octanol–water partition coefficient (Wildman–Crippen LogP) is 3.04. The molecule has 0 bridgehead atoms. The lowest BCUT2D eigenvalue weighted by Gasteiger charge is -2.16. The third kappa shape index (κ3) is 6.74. The monoisotopic (exact) mass is 581 g/mol. The third-order valence-corrected chi connectivity index (χ3v) is 5.72. The minimum absolute atomic E-state index is 0.0275. The maximum atomic E-state index is 13.5. The molecule has 0 saturated heterocycles. The van der Waals surface area contributed by atoms with Gasteiger partial charge in [0.2, 0.25) is 0 Å². The van der Waals surface area contributed by atoms with Crippen LogP contribution in [0.4, 0.5) is 14.5 Å². The fourth-order valence-corrected chi connectivity index (χ4v) is 3.90. The summed E-state index contributed by atoms with van der Waals surface area (Å²) in [6, 6.07) is 6.43. The van der Waals surface area contributed by atoms with Gasteiger partial charge in [-0.1, -0.05) is 23.2 Å². The van der Waals surface area contributed by atoms with Gasteiger partial charge in [-0.2, -0.15) is 5.10 Å². The van der Waals surface area contributed by atoms with Gasteiger partial charge in [-0.25, -0.2) is 18.4 Å². The molecule has 0 radical (unpaired) electrons. The van der Waals surface area contributed by atoms with Crippen LogP contribution in [0.15, 0.2) is 41.5 Å². The van der Waals surface area contributed by atoms with Crippen molar-refractivity contribution in [2.45, 2.75) is 13.3 Å². The average molecular weight is 582 g/mol. The summed E-state index contributed by atoms with van der Waals surface area (Å²) in [4.78, 5) is 46.9. The molecule has 0 saturated carbocycles. The maximum Gasteiger partial charge on any atom is 0.282 e. The highest BCUT2D eigenvalue weighted by atomic mass is 35.5. The molecule has 3 amide bonds. The number of benzene rings is 1. The Bertz CT molecular complexity index is 1430. The van der Waals surface area contributed by atoms with Crippen LogP contribution in [-0.4, -0.2) is 70.0 Å². The zero-order valence-electron chi connectivity index (χ0n) is 20.6. The molecule has 2 aromatic heterocycles. The summed E-state index contributed by atoms with van der Waals surface area (Å²) in [5.41, 5.74) is -1.24. The molecule has 0 spiro atoms. The van der Waals surface area contributed by atoms with E-state index in [9.17, 15) is 23.2 Å². The summed E-state index contributed by atoms with van der Waals surface area (Å²) in [6.07, 6.45) is -1.66. The van der Waals surface area contributed by atoms with Gasteiger partial charge in [0.05, 0.1) is 27.9 Å². The van der Waals surface area contributed by atoms with E-state index in [-0.39, 0.29) is 63.8 Å². The highest BCUT2D eigenvalue weighted by Crippen LogP contribution is 2.31. The SMILES string of the molecule is CCN=C(C(=O)NCCO)c1cc(Cl)c(NC(=O)c2cc(C(F)F)nn2-c2ncccc2Cl)c(C(=O)NC)c1. The van der Waals surface area contributed by atoms with E-state index in [1.54, 1.807) is 6.92 Å². The van der Waals surface area contributed by atoms with E-state index in [1.807, 2.05) is 0 Å². The second-order valence-corrected chi connectivity index (χ2v) is 8.51. The van der Waals surface area contributed by atoms with Gasteiger partial charge in [-0.15, -0.1) is 0 Å². The van der Waals surface area contributed by atoms with Crippen molar-refractivity contribution in [3.8, 4) is 5.82 Å². The van der Waals surface area contributed by atoms with Gasteiger partial charge < -0.3 is 21.1 Å². The van der Waals surface area contributed by atoms with Crippen molar-refractivity contribution >= 4 is 52.3 Å². The molecule has 0 atom stereocenters. The minimum atomic E-state index is -3.00. The first-order valence-corrected chi connectivity index (χ1v) is 12.2.